The van der Waals surface area contributed by atoms with Crippen molar-refractivity contribution < 1.29 is 9.90 Å². The van der Waals surface area contributed by atoms with Crippen molar-refractivity contribution in [2.24, 2.45) is 5.41 Å². The highest BCUT2D eigenvalue weighted by Crippen LogP contribution is 2.31. The molecule has 0 amide bonds. The van der Waals surface area contributed by atoms with E-state index in [0.717, 1.165) is 16.6 Å². The lowest BCUT2D eigenvalue weighted by atomic mass is 9.81. The topological polar surface area (TPSA) is 49.3 Å². The maximum atomic E-state index is 11.4. The minimum absolute atomic E-state index is 0.564. The van der Waals surface area contributed by atoms with Gasteiger partial charge in [-0.3, -0.25) is 4.79 Å². The maximum Gasteiger partial charge on any atom is 0.311 e. The zero-order chi connectivity index (χ0) is 11.6. The molecule has 1 aliphatic rings. The van der Waals surface area contributed by atoms with Crippen LogP contribution in [0.25, 0.3) is 0 Å². The van der Waals surface area contributed by atoms with Gasteiger partial charge in [0.25, 0.3) is 0 Å². The van der Waals surface area contributed by atoms with E-state index in [1.807, 2.05) is 24.3 Å². The van der Waals surface area contributed by atoms with E-state index in [-0.39, 0.29) is 0 Å². The third kappa shape index (κ3) is 2.28. The Morgan fingerprint density at radius 2 is 2.38 bits per heavy atom. The highest BCUT2D eigenvalue weighted by molar-refractivity contribution is 9.10. The van der Waals surface area contributed by atoms with Crippen molar-refractivity contribution in [3.8, 4) is 0 Å². The van der Waals surface area contributed by atoms with Gasteiger partial charge in [0.2, 0.25) is 0 Å². The number of benzene rings is 1. The summed E-state index contributed by atoms with van der Waals surface area (Å²) in [5, 5.41) is 12.5. The Morgan fingerprint density at radius 3 is 2.94 bits per heavy atom. The molecule has 1 aliphatic heterocycles. The zero-order valence-corrected chi connectivity index (χ0v) is 10.5. The molecule has 0 unspecified atom stereocenters. The van der Waals surface area contributed by atoms with E-state index in [1.54, 1.807) is 0 Å². The van der Waals surface area contributed by atoms with Gasteiger partial charge in [-0.25, -0.2) is 0 Å². The van der Waals surface area contributed by atoms with Gasteiger partial charge >= 0.3 is 5.97 Å². The van der Waals surface area contributed by atoms with Gasteiger partial charge in [0, 0.05) is 11.0 Å². The molecule has 0 bridgehead atoms. The van der Waals surface area contributed by atoms with Gasteiger partial charge in [0.05, 0.1) is 5.41 Å². The molecule has 2 rings (SSSR count). The highest BCUT2D eigenvalue weighted by atomic mass is 79.9. The molecule has 1 fully saturated rings. The fraction of sp³-hybridized carbons (Fsp3) is 0.417. The second-order valence-electron chi connectivity index (χ2n) is 4.32. The SMILES string of the molecule is O=C(O)[C@@]1(Cc2cccc(Br)c2)CCNC1. The molecule has 1 saturated heterocycles. The molecule has 0 radical (unpaired) electrons. The molecule has 1 heterocycles. The van der Waals surface area contributed by atoms with E-state index in [2.05, 4.69) is 21.2 Å². The molecule has 16 heavy (non-hydrogen) atoms. The predicted octanol–water partition coefficient (Wildman–Crippen LogP) is 2.06. The first-order valence-corrected chi connectivity index (χ1v) is 6.10. The van der Waals surface area contributed by atoms with Gasteiger partial charge in [0.1, 0.15) is 0 Å². The fourth-order valence-electron chi connectivity index (χ4n) is 2.19. The molecule has 1 aromatic carbocycles. The van der Waals surface area contributed by atoms with Gasteiger partial charge < -0.3 is 10.4 Å². The maximum absolute atomic E-state index is 11.4. The average Bonchev–Trinajstić information content (AvgIpc) is 2.67. The van der Waals surface area contributed by atoms with Crippen LogP contribution in [0, 0.1) is 5.41 Å². The lowest BCUT2D eigenvalue weighted by molar-refractivity contribution is -0.147. The second kappa shape index (κ2) is 4.55. The number of carboxylic acids is 1. The fourth-order valence-corrected chi connectivity index (χ4v) is 2.64. The summed E-state index contributed by atoms with van der Waals surface area (Å²) in [6.07, 6.45) is 1.30. The highest BCUT2D eigenvalue weighted by Gasteiger charge is 2.41. The number of hydrogen-bond acceptors (Lipinski definition) is 2. The van der Waals surface area contributed by atoms with Crippen molar-refractivity contribution in [2.45, 2.75) is 12.8 Å². The summed E-state index contributed by atoms with van der Waals surface area (Å²) in [4.78, 5) is 11.4. The van der Waals surface area contributed by atoms with Gasteiger partial charge in [-0.15, -0.1) is 0 Å². The van der Waals surface area contributed by atoms with E-state index in [4.69, 9.17) is 0 Å². The largest absolute Gasteiger partial charge is 0.481 e. The smallest absolute Gasteiger partial charge is 0.311 e. The molecule has 4 heteroatoms. The van der Waals surface area contributed by atoms with Crippen LogP contribution >= 0.6 is 15.9 Å². The van der Waals surface area contributed by atoms with Gasteiger partial charge in [-0.1, -0.05) is 28.1 Å². The van der Waals surface area contributed by atoms with Crippen molar-refractivity contribution in [2.75, 3.05) is 13.1 Å². The van der Waals surface area contributed by atoms with Crippen LogP contribution in [0.3, 0.4) is 0 Å². The van der Waals surface area contributed by atoms with E-state index in [1.165, 1.54) is 0 Å². The molecule has 0 saturated carbocycles. The Morgan fingerprint density at radius 1 is 1.56 bits per heavy atom. The predicted molar refractivity (Wildman–Crippen MR) is 65.4 cm³/mol. The number of carbonyl (C=O) groups is 1. The Kier molecular flexibility index (Phi) is 3.30. The van der Waals surface area contributed by atoms with Crippen LogP contribution in [0.1, 0.15) is 12.0 Å². The summed E-state index contributed by atoms with van der Waals surface area (Å²) < 4.78 is 0.997. The first-order valence-electron chi connectivity index (χ1n) is 5.31. The van der Waals surface area contributed by atoms with Crippen molar-refractivity contribution in [3.05, 3.63) is 34.3 Å². The van der Waals surface area contributed by atoms with Crippen molar-refractivity contribution in [3.63, 3.8) is 0 Å². The summed E-state index contributed by atoms with van der Waals surface area (Å²) in [7, 11) is 0. The van der Waals surface area contributed by atoms with Crippen molar-refractivity contribution in [1.82, 2.24) is 5.32 Å². The molecule has 1 aromatic rings. The van der Waals surface area contributed by atoms with Crippen LogP contribution < -0.4 is 5.32 Å². The first-order chi connectivity index (χ1) is 7.62. The molecule has 86 valence electrons. The van der Waals surface area contributed by atoms with Crippen LogP contribution in [0.15, 0.2) is 28.7 Å². The minimum atomic E-state index is -0.697. The van der Waals surface area contributed by atoms with Crippen molar-refractivity contribution in [1.29, 1.82) is 0 Å². The Bertz CT molecular complexity index is 400. The van der Waals surface area contributed by atoms with E-state index in [0.29, 0.717) is 19.4 Å². The van der Waals surface area contributed by atoms with Gasteiger partial charge in [-0.05, 0) is 37.1 Å². The van der Waals surface area contributed by atoms with Gasteiger partial charge in [-0.2, -0.15) is 0 Å². The summed E-state index contributed by atoms with van der Waals surface area (Å²) in [5.41, 5.74) is 0.446. The Labute approximate surface area is 103 Å². The number of rotatable bonds is 3. The van der Waals surface area contributed by atoms with E-state index >= 15 is 0 Å². The molecular formula is C12H14BrNO2. The third-order valence-corrected chi connectivity index (χ3v) is 3.62. The monoisotopic (exact) mass is 283 g/mol. The quantitative estimate of drug-likeness (QED) is 0.893. The van der Waals surface area contributed by atoms with Crippen LogP contribution in [-0.2, 0) is 11.2 Å². The van der Waals surface area contributed by atoms with Crippen LogP contribution in [0.5, 0.6) is 0 Å². The summed E-state index contributed by atoms with van der Waals surface area (Å²) in [5.74, 6) is -0.697. The molecule has 2 N–H and O–H groups in total. The van der Waals surface area contributed by atoms with Gasteiger partial charge in [0.15, 0.2) is 0 Å². The first kappa shape index (κ1) is 11.6. The molecule has 0 aliphatic carbocycles. The normalized spacial score (nSPS) is 24.6. The zero-order valence-electron chi connectivity index (χ0n) is 8.87. The molecule has 0 aromatic heterocycles. The summed E-state index contributed by atoms with van der Waals surface area (Å²) >= 11 is 3.40. The number of carboxylic acid groups (broad SMARTS) is 1. The molecule has 1 atom stereocenters. The number of halogens is 1. The van der Waals surface area contributed by atoms with E-state index in [9.17, 15) is 9.90 Å². The van der Waals surface area contributed by atoms with E-state index < -0.39 is 11.4 Å². The number of aliphatic carboxylic acids is 1. The lowest BCUT2D eigenvalue weighted by Gasteiger charge is -2.22. The van der Waals surface area contributed by atoms with Crippen molar-refractivity contribution >= 4 is 21.9 Å². The van der Waals surface area contributed by atoms with Crippen LogP contribution in [0.4, 0.5) is 0 Å². The summed E-state index contributed by atoms with van der Waals surface area (Å²) in [6.45, 7) is 1.36. The third-order valence-electron chi connectivity index (χ3n) is 3.13. The molecule has 0 spiro atoms. The Hall–Kier alpha value is -0.870. The minimum Gasteiger partial charge on any atom is -0.481 e. The standard InChI is InChI=1S/C12H14BrNO2/c13-10-3-1-2-9(6-10)7-12(11(15)16)4-5-14-8-12/h1-3,6,14H,4-5,7-8H2,(H,15,16)/t12-/m1/s1. The number of nitrogens with one attached hydrogen (secondary N) is 1. The van der Waals surface area contributed by atoms with Crippen LogP contribution in [0.2, 0.25) is 0 Å². The average molecular weight is 284 g/mol. The molecular weight excluding hydrogens is 270 g/mol. The number of hydrogen-bond donors (Lipinski definition) is 2. The summed E-state index contributed by atoms with van der Waals surface area (Å²) in [6, 6.07) is 7.86. The lowest BCUT2D eigenvalue weighted by Crippen LogP contribution is -2.35. The second-order valence-corrected chi connectivity index (χ2v) is 5.23. The van der Waals surface area contributed by atoms with Crippen LogP contribution in [-0.4, -0.2) is 24.2 Å². The Balaban J connectivity index is 2.21. The molecule has 3 nitrogen and oxygen atoms in total.